The molecule has 0 unspecified atom stereocenters. The monoisotopic (exact) mass is 272 g/mol. The molecule has 0 aliphatic heterocycles. The van der Waals surface area contributed by atoms with Crippen LogP contribution in [0.4, 0.5) is 11.4 Å². The van der Waals surface area contributed by atoms with E-state index in [1.54, 1.807) is 49.6 Å². The highest BCUT2D eigenvalue weighted by molar-refractivity contribution is 6.05. The zero-order valence-electron chi connectivity index (χ0n) is 11.3. The molecule has 0 bridgehead atoms. The van der Waals surface area contributed by atoms with Crippen molar-refractivity contribution in [2.45, 2.75) is 0 Å². The standard InChI is InChI=1S/C15H16N2O3/c1-19-12-6-7-14(20-2)13(9-12)17-15(18)10-4-3-5-11(16)8-10/h3-9H,16H2,1-2H3,(H,17,18). The molecule has 104 valence electrons. The topological polar surface area (TPSA) is 73.6 Å². The fraction of sp³-hybridized carbons (Fsp3) is 0.133. The highest BCUT2D eigenvalue weighted by atomic mass is 16.5. The summed E-state index contributed by atoms with van der Waals surface area (Å²) in [6.45, 7) is 0. The summed E-state index contributed by atoms with van der Waals surface area (Å²) in [5.41, 5.74) is 7.23. The number of nitrogens with two attached hydrogens (primary N) is 1. The van der Waals surface area contributed by atoms with Crippen molar-refractivity contribution in [3.05, 3.63) is 48.0 Å². The van der Waals surface area contributed by atoms with Crippen LogP contribution in [0.2, 0.25) is 0 Å². The Balaban J connectivity index is 2.27. The Kier molecular flexibility index (Phi) is 4.10. The lowest BCUT2D eigenvalue weighted by Crippen LogP contribution is -2.13. The maximum atomic E-state index is 12.2. The van der Waals surface area contributed by atoms with Crippen LogP contribution in [0.5, 0.6) is 11.5 Å². The number of nitrogens with one attached hydrogen (secondary N) is 1. The van der Waals surface area contributed by atoms with E-state index in [2.05, 4.69) is 5.32 Å². The molecule has 0 aliphatic rings. The van der Waals surface area contributed by atoms with Crippen molar-refractivity contribution in [1.82, 2.24) is 0 Å². The third-order valence-corrected chi connectivity index (χ3v) is 2.80. The molecule has 0 saturated heterocycles. The van der Waals surface area contributed by atoms with Crippen LogP contribution in [0.3, 0.4) is 0 Å². The highest BCUT2D eigenvalue weighted by Crippen LogP contribution is 2.29. The normalized spacial score (nSPS) is 9.90. The molecule has 0 spiro atoms. The largest absolute Gasteiger partial charge is 0.497 e. The number of benzene rings is 2. The van der Waals surface area contributed by atoms with Crippen molar-refractivity contribution in [3.8, 4) is 11.5 Å². The minimum Gasteiger partial charge on any atom is -0.497 e. The second-order valence-electron chi connectivity index (χ2n) is 4.15. The summed E-state index contributed by atoms with van der Waals surface area (Å²) >= 11 is 0. The van der Waals surface area contributed by atoms with E-state index in [1.807, 2.05) is 0 Å². The van der Waals surface area contributed by atoms with Crippen LogP contribution < -0.4 is 20.5 Å². The molecule has 5 nitrogen and oxygen atoms in total. The van der Waals surface area contributed by atoms with Gasteiger partial charge in [-0.3, -0.25) is 4.79 Å². The van der Waals surface area contributed by atoms with Crippen LogP contribution in [0.15, 0.2) is 42.5 Å². The molecule has 0 saturated carbocycles. The predicted molar refractivity (Wildman–Crippen MR) is 78.4 cm³/mol. The van der Waals surface area contributed by atoms with Gasteiger partial charge in [-0.05, 0) is 30.3 Å². The van der Waals surface area contributed by atoms with Crippen molar-refractivity contribution in [2.24, 2.45) is 0 Å². The van der Waals surface area contributed by atoms with Gasteiger partial charge in [0.1, 0.15) is 11.5 Å². The first kappa shape index (κ1) is 13.7. The average Bonchev–Trinajstić information content (AvgIpc) is 2.47. The van der Waals surface area contributed by atoms with E-state index in [-0.39, 0.29) is 5.91 Å². The van der Waals surface area contributed by atoms with Crippen LogP contribution in [0.25, 0.3) is 0 Å². The van der Waals surface area contributed by atoms with Gasteiger partial charge in [-0.2, -0.15) is 0 Å². The van der Waals surface area contributed by atoms with Crippen LogP contribution >= 0.6 is 0 Å². The molecule has 0 aromatic heterocycles. The number of carbonyl (C=O) groups is 1. The molecule has 1 amide bonds. The Morgan fingerprint density at radius 1 is 1.10 bits per heavy atom. The Labute approximate surface area is 117 Å². The van der Waals surface area contributed by atoms with E-state index in [0.717, 1.165) is 0 Å². The van der Waals surface area contributed by atoms with Gasteiger partial charge in [-0.1, -0.05) is 6.07 Å². The van der Waals surface area contributed by atoms with Gasteiger partial charge < -0.3 is 20.5 Å². The maximum absolute atomic E-state index is 12.2. The molecule has 3 N–H and O–H groups in total. The molecule has 0 heterocycles. The maximum Gasteiger partial charge on any atom is 0.255 e. The van der Waals surface area contributed by atoms with Crippen molar-refractivity contribution in [1.29, 1.82) is 0 Å². The van der Waals surface area contributed by atoms with Gasteiger partial charge in [0.05, 0.1) is 19.9 Å². The van der Waals surface area contributed by atoms with Crippen molar-refractivity contribution in [2.75, 3.05) is 25.3 Å². The number of rotatable bonds is 4. The van der Waals surface area contributed by atoms with E-state index in [1.165, 1.54) is 7.11 Å². The highest BCUT2D eigenvalue weighted by Gasteiger charge is 2.11. The van der Waals surface area contributed by atoms with E-state index >= 15 is 0 Å². The Morgan fingerprint density at radius 2 is 1.90 bits per heavy atom. The lowest BCUT2D eigenvalue weighted by molar-refractivity contribution is 0.102. The summed E-state index contributed by atoms with van der Waals surface area (Å²) < 4.78 is 10.3. The number of hydrogen-bond donors (Lipinski definition) is 2. The second kappa shape index (κ2) is 5.97. The lowest BCUT2D eigenvalue weighted by Gasteiger charge is -2.12. The van der Waals surface area contributed by atoms with Crippen molar-refractivity contribution < 1.29 is 14.3 Å². The third-order valence-electron chi connectivity index (χ3n) is 2.80. The molecule has 2 aromatic carbocycles. The Hall–Kier alpha value is -2.69. The van der Waals surface area contributed by atoms with Crippen LogP contribution in [-0.4, -0.2) is 20.1 Å². The van der Waals surface area contributed by atoms with E-state index in [9.17, 15) is 4.79 Å². The molecular weight excluding hydrogens is 256 g/mol. The first-order valence-corrected chi connectivity index (χ1v) is 6.03. The van der Waals surface area contributed by atoms with Gasteiger partial charge >= 0.3 is 0 Å². The van der Waals surface area contributed by atoms with Crippen LogP contribution in [0, 0.1) is 0 Å². The first-order chi connectivity index (χ1) is 9.63. The number of hydrogen-bond acceptors (Lipinski definition) is 4. The van der Waals surface area contributed by atoms with Crippen LogP contribution in [-0.2, 0) is 0 Å². The SMILES string of the molecule is COc1ccc(OC)c(NC(=O)c2cccc(N)c2)c1. The summed E-state index contributed by atoms with van der Waals surface area (Å²) in [6.07, 6.45) is 0. The van der Waals surface area contributed by atoms with E-state index in [0.29, 0.717) is 28.4 Å². The van der Waals surface area contributed by atoms with Gasteiger partial charge in [0.15, 0.2) is 0 Å². The third kappa shape index (κ3) is 3.00. The number of methoxy groups -OCH3 is 2. The molecule has 2 rings (SSSR count). The van der Waals surface area contributed by atoms with E-state index in [4.69, 9.17) is 15.2 Å². The molecule has 0 radical (unpaired) electrons. The van der Waals surface area contributed by atoms with Gasteiger partial charge in [0.2, 0.25) is 0 Å². The number of ether oxygens (including phenoxy) is 2. The molecule has 0 aliphatic carbocycles. The average molecular weight is 272 g/mol. The molecular formula is C15H16N2O3. The van der Waals surface area contributed by atoms with Crippen molar-refractivity contribution in [3.63, 3.8) is 0 Å². The van der Waals surface area contributed by atoms with Gasteiger partial charge in [-0.15, -0.1) is 0 Å². The summed E-state index contributed by atoms with van der Waals surface area (Å²) in [4.78, 5) is 12.2. The second-order valence-corrected chi connectivity index (χ2v) is 4.15. The molecule has 5 heteroatoms. The zero-order valence-corrected chi connectivity index (χ0v) is 11.3. The van der Waals surface area contributed by atoms with Crippen LogP contribution in [0.1, 0.15) is 10.4 Å². The summed E-state index contributed by atoms with van der Waals surface area (Å²) in [5, 5.41) is 2.78. The first-order valence-electron chi connectivity index (χ1n) is 6.03. The molecule has 2 aromatic rings. The van der Waals surface area contributed by atoms with Gasteiger partial charge in [0, 0.05) is 17.3 Å². The fourth-order valence-corrected chi connectivity index (χ4v) is 1.79. The summed E-state index contributed by atoms with van der Waals surface area (Å²) in [7, 11) is 3.10. The minimum absolute atomic E-state index is 0.260. The van der Waals surface area contributed by atoms with Gasteiger partial charge in [0.25, 0.3) is 5.91 Å². The number of carbonyl (C=O) groups excluding carboxylic acids is 1. The molecule has 0 fully saturated rings. The Bertz CT molecular complexity index is 626. The minimum atomic E-state index is -0.260. The number of amides is 1. The number of anilines is 2. The lowest BCUT2D eigenvalue weighted by atomic mass is 10.2. The smallest absolute Gasteiger partial charge is 0.255 e. The fourth-order valence-electron chi connectivity index (χ4n) is 1.79. The molecule has 0 atom stereocenters. The Morgan fingerprint density at radius 3 is 2.55 bits per heavy atom. The molecule has 20 heavy (non-hydrogen) atoms. The zero-order chi connectivity index (χ0) is 14.5. The quantitative estimate of drug-likeness (QED) is 0.839. The number of nitrogen functional groups attached to an aromatic ring is 1. The van der Waals surface area contributed by atoms with E-state index < -0.39 is 0 Å². The van der Waals surface area contributed by atoms with Crippen molar-refractivity contribution >= 4 is 17.3 Å². The van der Waals surface area contributed by atoms with Gasteiger partial charge in [-0.25, -0.2) is 0 Å². The predicted octanol–water partition coefficient (Wildman–Crippen LogP) is 2.54. The summed E-state index contributed by atoms with van der Waals surface area (Å²) in [5.74, 6) is 0.931. The summed E-state index contributed by atoms with van der Waals surface area (Å²) in [6, 6.07) is 11.9.